The Morgan fingerprint density at radius 3 is 2.81 bits per heavy atom. The number of halogens is 1. The quantitative estimate of drug-likeness (QED) is 0.889. The normalized spacial score (nSPS) is 18.7. The minimum Gasteiger partial charge on any atom is -0.355 e. The molecule has 2 N–H and O–H groups in total. The van der Waals surface area contributed by atoms with Gasteiger partial charge in [-0.25, -0.2) is 4.98 Å². The Morgan fingerprint density at radius 2 is 2.05 bits per heavy atom. The van der Waals surface area contributed by atoms with E-state index in [1.807, 2.05) is 11.3 Å². The Balaban J connectivity index is 0.00000161. The molecule has 4 nitrogen and oxygen atoms in total. The van der Waals surface area contributed by atoms with Crippen LogP contribution in [0.1, 0.15) is 41.3 Å². The highest BCUT2D eigenvalue weighted by molar-refractivity contribution is 7.11. The van der Waals surface area contributed by atoms with Crippen LogP contribution in [0.4, 0.5) is 0 Å². The maximum absolute atomic E-state index is 12.0. The lowest BCUT2D eigenvalue weighted by atomic mass is 9.97. The Kier molecular flexibility index (Phi) is 6.45. The van der Waals surface area contributed by atoms with Crippen molar-refractivity contribution in [3.05, 3.63) is 15.6 Å². The highest BCUT2D eigenvalue weighted by atomic mass is 35.5. The number of aromatic nitrogens is 1. The molecule has 21 heavy (non-hydrogen) atoms. The standard InChI is InChI=1S/C15H23N3OS.ClH/c19-15(11-5-8-16-9-6-11)17-10-7-14-18-12-3-1-2-4-13(12)20-14;/h11,16H,1-10H2,(H,17,19);1H. The van der Waals surface area contributed by atoms with Crippen LogP contribution in [-0.4, -0.2) is 30.5 Å². The van der Waals surface area contributed by atoms with E-state index in [-0.39, 0.29) is 24.2 Å². The number of amides is 1. The van der Waals surface area contributed by atoms with Crippen LogP contribution in [0.5, 0.6) is 0 Å². The predicted octanol–water partition coefficient (Wildman–Crippen LogP) is 2.10. The third kappa shape index (κ3) is 4.41. The van der Waals surface area contributed by atoms with Crippen LogP contribution in [0.25, 0.3) is 0 Å². The molecule has 118 valence electrons. The molecule has 1 aromatic heterocycles. The lowest BCUT2D eigenvalue weighted by Gasteiger charge is -2.21. The van der Waals surface area contributed by atoms with Gasteiger partial charge in [0.05, 0.1) is 10.7 Å². The summed E-state index contributed by atoms with van der Waals surface area (Å²) >= 11 is 1.85. The van der Waals surface area contributed by atoms with Crippen LogP contribution < -0.4 is 10.6 Å². The van der Waals surface area contributed by atoms with Crippen molar-refractivity contribution in [3.8, 4) is 0 Å². The number of rotatable bonds is 4. The van der Waals surface area contributed by atoms with Gasteiger partial charge >= 0.3 is 0 Å². The molecule has 1 aliphatic heterocycles. The minimum absolute atomic E-state index is 0. The zero-order chi connectivity index (χ0) is 13.8. The molecule has 2 aliphatic rings. The number of carbonyl (C=O) groups is 1. The van der Waals surface area contributed by atoms with E-state index in [0.717, 1.165) is 45.3 Å². The van der Waals surface area contributed by atoms with Crippen molar-refractivity contribution in [1.82, 2.24) is 15.6 Å². The zero-order valence-electron chi connectivity index (χ0n) is 12.3. The van der Waals surface area contributed by atoms with Gasteiger partial charge in [-0.1, -0.05) is 0 Å². The number of piperidine rings is 1. The van der Waals surface area contributed by atoms with Crippen molar-refractivity contribution in [2.75, 3.05) is 19.6 Å². The molecular weight excluding hydrogens is 306 g/mol. The van der Waals surface area contributed by atoms with Gasteiger partial charge in [0.2, 0.25) is 5.91 Å². The topological polar surface area (TPSA) is 54.0 Å². The van der Waals surface area contributed by atoms with Crippen LogP contribution in [0.15, 0.2) is 0 Å². The average molecular weight is 330 g/mol. The third-order valence-electron chi connectivity index (χ3n) is 4.24. The molecule has 3 rings (SSSR count). The molecule has 0 aromatic carbocycles. The second-order valence-electron chi connectivity index (χ2n) is 5.75. The molecule has 0 bridgehead atoms. The summed E-state index contributed by atoms with van der Waals surface area (Å²) in [4.78, 5) is 18.2. The summed E-state index contributed by atoms with van der Waals surface area (Å²) in [6, 6.07) is 0. The molecule has 1 aliphatic carbocycles. The second-order valence-corrected chi connectivity index (χ2v) is 6.92. The highest BCUT2D eigenvalue weighted by Crippen LogP contribution is 2.26. The molecule has 1 amide bonds. The SMILES string of the molecule is Cl.O=C(NCCc1nc2c(s1)CCCC2)C1CCNCC1. The molecule has 0 spiro atoms. The van der Waals surface area contributed by atoms with Gasteiger partial charge in [-0.05, 0) is 51.6 Å². The van der Waals surface area contributed by atoms with Gasteiger partial charge in [-0.3, -0.25) is 4.79 Å². The summed E-state index contributed by atoms with van der Waals surface area (Å²) in [5.74, 6) is 0.438. The molecule has 0 unspecified atom stereocenters. The molecule has 1 aromatic rings. The molecule has 0 saturated carbocycles. The van der Waals surface area contributed by atoms with Crippen LogP contribution in [-0.2, 0) is 24.1 Å². The molecule has 1 saturated heterocycles. The van der Waals surface area contributed by atoms with Gasteiger partial charge in [0.25, 0.3) is 0 Å². The van der Waals surface area contributed by atoms with Gasteiger partial charge in [0.1, 0.15) is 0 Å². The number of hydrogen-bond acceptors (Lipinski definition) is 4. The number of nitrogens with one attached hydrogen (secondary N) is 2. The lowest BCUT2D eigenvalue weighted by Crippen LogP contribution is -2.38. The fraction of sp³-hybridized carbons (Fsp3) is 0.733. The first kappa shape index (κ1) is 16.7. The van der Waals surface area contributed by atoms with Crippen LogP contribution in [0.3, 0.4) is 0 Å². The van der Waals surface area contributed by atoms with Gasteiger partial charge < -0.3 is 10.6 Å². The fourth-order valence-corrected chi connectivity index (χ4v) is 4.19. The van der Waals surface area contributed by atoms with Crippen molar-refractivity contribution in [3.63, 3.8) is 0 Å². The van der Waals surface area contributed by atoms with E-state index in [1.165, 1.54) is 34.8 Å². The number of nitrogens with zero attached hydrogens (tertiary/aromatic N) is 1. The number of carbonyl (C=O) groups excluding carboxylic acids is 1. The minimum atomic E-state index is 0. The maximum atomic E-state index is 12.0. The predicted molar refractivity (Wildman–Crippen MR) is 88.3 cm³/mol. The molecule has 2 heterocycles. The number of aryl methyl sites for hydroxylation is 2. The van der Waals surface area contributed by atoms with E-state index in [9.17, 15) is 4.79 Å². The largest absolute Gasteiger partial charge is 0.355 e. The summed E-state index contributed by atoms with van der Waals surface area (Å²) in [7, 11) is 0. The van der Waals surface area contributed by atoms with E-state index < -0.39 is 0 Å². The van der Waals surface area contributed by atoms with Crippen molar-refractivity contribution < 1.29 is 4.79 Å². The van der Waals surface area contributed by atoms with Gasteiger partial charge in [0.15, 0.2) is 0 Å². The molecule has 0 atom stereocenters. The van der Waals surface area contributed by atoms with Crippen LogP contribution in [0.2, 0.25) is 0 Å². The van der Waals surface area contributed by atoms with Gasteiger partial charge in [-0.15, -0.1) is 23.7 Å². The summed E-state index contributed by atoms with van der Waals surface area (Å²) in [6.45, 7) is 2.67. The summed E-state index contributed by atoms with van der Waals surface area (Å²) in [6.07, 6.45) is 7.76. The van der Waals surface area contributed by atoms with Crippen LogP contribution >= 0.6 is 23.7 Å². The number of thiazole rings is 1. The smallest absolute Gasteiger partial charge is 0.223 e. The van der Waals surface area contributed by atoms with Gasteiger partial charge in [-0.2, -0.15) is 0 Å². The molecule has 6 heteroatoms. The Bertz CT molecular complexity index is 448. The third-order valence-corrected chi connectivity index (χ3v) is 5.46. The van der Waals surface area contributed by atoms with E-state index in [0.29, 0.717) is 0 Å². The first-order valence-corrected chi connectivity index (χ1v) is 8.60. The monoisotopic (exact) mass is 329 g/mol. The van der Waals surface area contributed by atoms with Crippen molar-refractivity contribution >= 4 is 29.7 Å². The highest BCUT2D eigenvalue weighted by Gasteiger charge is 2.20. The first-order valence-electron chi connectivity index (χ1n) is 7.79. The Labute approximate surface area is 136 Å². The maximum Gasteiger partial charge on any atom is 0.223 e. The number of hydrogen-bond donors (Lipinski definition) is 2. The van der Waals surface area contributed by atoms with Crippen molar-refractivity contribution in [1.29, 1.82) is 0 Å². The Morgan fingerprint density at radius 1 is 1.29 bits per heavy atom. The van der Waals surface area contributed by atoms with Crippen molar-refractivity contribution in [2.24, 2.45) is 5.92 Å². The van der Waals surface area contributed by atoms with E-state index in [2.05, 4.69) is 10.6 Å². The molecule has 0 radical (unpaired) electrons. The average Bonchev–Trinajstić information content (AvgIpc) is 2.90. The number of fused-ring (bicyclic) bond motifs is 1. The molecule has 1 fully saturated rings. The second kappa shape index (κ2) is 8.11. The first-order chi connectivity index (χ1) is 9.83. The van der Waals surface area contributed by atoms with E-state index in [1.54, 1.807) is 0 Å². The summed E-state index contributed by atoms with van der Waals surface area (Å²) < 4.78 is 0. The summed E-state index contributed by atoms with van der Waals surface area (Å²) in [5, 5.41) is 7.57. The van der Waals surface area contributed by atoms with Gasteiger partial charge in [0, 0.05) is 23.8 Å². The lowest BCUT2D eigenvalue weighted by molar-refractivity contribution is -0.125. The zero-order valence-corrected chi connectivity index (χ0v) is 14.0. The Hall–Kier alpha value is -0.650. The van der Waals surface area contributed by atoms with Crippen molar-refractivity contribution in [2.45, 2.75) is 44.9 Å². The fourth-order valence-electron chi connectivity index (χ4n) is 3.03. The molecular formula is C15H24ClN3OS. The summed E-state index contributed by atoms with van der Waals surface area (Å²) in [5.41, 5.74) is 1.32. The van der Waals surface area contributed by atoms with Crippen LogP contribution in [0, 0.1) is 5.92 Å². The van der Waals surface area contributed by atoms with E-state index in [4.69, 9.17) is 4.98 Å². The van der Waals surface area contributed by atoms with E-state index >= 15 is 0 Å².